The van der Waals surface area contributed by atoms with Crippen LogP contribution in [-0.2, 0) is 0 Å². The Kier molecular flexibility index (Phi) is 2.77. The van der Waals surface area contributed by atoms with Crippen molar-refractivity contribution in [3.05, 3.63) is 18.3 Å². The van der Waals surface area contributed by atoms with Gasteiger partial charge >= 0.3 is 0 Å². The summed E-state index contributed by atoms with van der Waals surface area (Å²) in [6.45, 7) is 0.156. The van der Waals surface area contributed by atoms with Crippen LogP contribution in [0.1, 0.15) is 25.7 Å². The summed E-state index contributed by atoms with van der Waals surface area (Å²) in [6, 6.07) is 3.56. The molecule has 1 aromatic heterocycles. The highest BCUT2D eigenvalue weighted by Crippen LogP contribution is 2.32. The van der Waals surface area contributed by atoms with Gasteiger partial charge in [0.2, 0.25) is 0 Å². The molecule has 2 rings (SSSR count). The summed E-state index contributed by atoms with van der Waals surface area (Å²) >= 11 is 0. The Hall–Kier alpha value is -1.29. The zero-order valence-electron chi connectivity index (χ0n) is 8.74. The molecule has 82 valence electrons. The first-order chi connectivity index (χ1) is 7.24. The van der Waals surface area contributed by atoms with Gasteiger partial charge in [0.05, 0.1) is 12.1 Å². The van der Waals surface area contributed by atoms with E-state index in [0.717, 1.165) is 31.5 Å². The van der Waals surface area contributed by atoms with Crippen molar-refractivity contribution in [2.45, 2.75) is 31.2 Å². The van der Waals surface area contributed by atoms with Crippen molar-refractivity contribution in [1.29, 1.82) is 0 Å². The lowest BCUT2D eigenvalue weighted by Gasteiger charge is -2.28. The molecule has 1 fully saturated rings. The van der Waals surface area contributed by atoms with Gasteiger partial charge in [-0.05, 0) is 18.9 Å². The molecule has 4 N–H and O–H groups in total. The molecule has 1 heterocycles. The van der Waals surface area contributed by atoms with E-state index in [-0.39, 0.29) is 12.1 Å². The molecule has 0 atom stereocenters. The van der Waals surface area contributed by atoms with E-state index in [0.29, 0.717) is 5.69 Å². The number of hydrogen-bond donors (Lipinski definition) is 3. The highest BCUT2D eigenvalue weighted by atomic mass is 16.3. The molecule has 0 radical (unpaired) electrons. The number of aromatic nitrogens is 1. The van der Waals surface area contributed by atoms with Crippen LogP contribution < -0.4 is 11.1 Å². The van der Waals surface area contributed by atoms with Gasteiger partial charge in [0.15, 0.2) is 0 Å². The molecule has 1 aliphatic carbocycles. The van der Waals surface area contributed by atoms with Gasteiger partial charge in [-0.2, -0.15) is 0 Å². The fourth-order valence-electron chi connectivity index (χ4n) is 2.16. The third kappa shape index (κ3) is 2.21. The van der Waals surface area contributed by atoms with E-state index in [1.165, 1.54) is 0 Å². The van der Waals surface area contributed by atoms with Crippen LogP contribution in [0.2, 0.25) is 0 Å². The van der Waals surface area contributed by atoms with Gasteiger partial charge in [-0.25, -0.2) is 4.98 Å². The number of nitrogens with zero attached hydrogens (tertiary/aromatic N) is 1. The predicted octanol–water partition coefficient (Wildman–Crippen LogP) is 1.38. The Balaban J connectivity index is 2.12. The highest BCUT2D eigenvalue weighted by molar-refractivity contribution is 5.49. The normalized spacial score (nSPS) is 19.0. The Morgan fingerprint density at radius 3 is 2.80 bits per heavy atom. The lowest BCUT2D eigenvalue weighted by Crippen LogP contribution is -2.39. The van der Waals surface area contributed by atoms with Crippen molar-refractivity contribution in [3.63, 3.8) is 0 Å². The second-order valence-corrected chi connectivity index (χ2v) is 4.24. The second kappa shape index (κ2) is 4.06. The van der Waals surface area contributed by atoms with Crippen LogP contribution >= 0.6 is 0 Å². The summed E-state index contributed by atoms with van der Waals surface area (Å²) < 4.78 is 0. The zero-order chi connectivity index (χ0) is 10.7. The molecule has 0 amide bonds. The van der Waals surface area contributed by atoms with Crippen molar-refractivity contribution in [2.24, 2.45) is 0 Å². The number of nitrogen functional groups attached to an aromatic ring is 1. The molecule has 0 spiro atoms. The summed E-state index contributed by atoms with van der Waals surface area (Å²) in [5, 5.41) is 12.7. The smallest absolute Gasteiger partial charge is 0.128 e. The Labute approximate surface area is 89.5 Å². The maximum Gasteiger partial charge on any atom is 0.128 e. The molecule has 0 aromatic carbocycles. The van der Waals surface area contributed by atoms with E-state index < -0.39 is 0 Å². The Bertz CT molecular complexity index is 334. The summed E-state index contributed by atoms with van der Waals surface area (Å²) in [5.74, 6) is 0.756. The molecule has 0 unspecified atom stereocenters. The van der Waals surface area contributed by atoms with Crippen molar-refractivity contribution in [2.75, 3.05) is 17.7 Å². The van der Waals surface area contributed by atoms with Crippen molar-refractivity contribution < 1.29 is 5.11 Å². The Morgan fingerprint density at radius 2 is 2.20 bits per heavy atom. The lowest BCUT2D eigenvalue weighted by molar-refractivity contribution is 0.214. The first-order valence-electron chi connectivity index (χ1n) is 5.35. The minimum atomic E-state index is -0.180. The maximum absolute atomic E-state index is 9.43. The van der Waals surface area contributed by atoms with Gasteiger partial charge in [0.1, 0.15) is 5.82 Å². The van der Waals surface area contributed by atoms with Crippen LogP contribution in [0.15, 0.2) is 18.3 Å². The van der Waals surface area contributed by atoms with Gasteiger partial charge < -0.3 is 16.2 Å². The highest BCUT2D eigenvalue weighted by Gasteiger charge is 2.33. The molecule has 0 bridgehead atoms. The summed E-state index contributed by atoms with van der Waals surface area (Å²) in [6.07, 6.45) is 6.00. The van der Waals surface area contributed by atoms with Gasteiger partial charge in [0, 0.05) is 18.0 Å². The van der Waals surface area contributed by atoms with Gasteiger partial charge in [0.25, 0.3) is 0 Å². The fraction of sp³-hybridized carbons (Fsp3) is 0.545. The minimum Gasteiger partial charge on any atom is -0.399 e. The second-order valence-electron chi connectivity index (χ2n) is 4.24. The monoisotopic (exact) mass is 207 g/mol. The van der Waals surface area contributed by atoms with Crippen molar-refractivity contribution >= 4 is 11.5 Å². The van der Waals surface area contributed by atoms with E-state index in [2.05, 4.69) is 10.3 Å². The quantitative estimate of drug-likeness (QED) is 0.700. The predicted molar refractivity (Wildman–Crippen MR) is 60.6 cm³/mol. The average Bonchev–Trinajstić information content (AvgIpc) is 2.67. The van der Waals surface area contributed by atoms with E-state index >= 15 is 0 Å². The summed E-state index contributed by atoms with van der Waals surface area (Å²) in [5.41, 5.74) is 6.19. The number of hydrogen-bond acceptors (Lipinski definition) is 4. The Morgan fingerprint density at radius 1 is 1.47 bits per heavy atom. The van der Waals surface area contributed by atoms with Crippen molar-refractivity contribution in [1.82, 2.24) is 4.98 Å². The number of nitrogens with two attached hydrogens (primary N) is 1. The van der Waals surface area contributed by atoms with Crippen LogP contribution in [0.3, 0.4) is 0 Å². The summed E-state index contributed by atoms with van der Waals surface area (Å²) in [7, 11) is 0. The van der Waals surface area contributed by atoms with Crippen LogP contribution in [0, 0.1) is 0 Å². The molecule has 4 heteroatoms. The van der Waals surface area contributed by atoms with Crippen molar-refractivity contribution in [3.8, 4) is 0 Å². The number of aliphatic hydroxyl groups is 1. The number of pyridine rings is 1. The summed E-state index contributed by atoms with van der Waals surface area (Å²) in [4.78, 5) is 4.19. The van der Waals surface area contributed by atoms with Gasteiger partial charge in [-0.3, -0.25) is 0 Å². The van der Waals surface area contributed by atoms with E-state index in [1.807, 2.05) is 0 Å². The topological polar surface area (TPSA) is 71.2 Å². The van der Waals surface area contributed by atoms with E-state index in [4.69, 9.17) is 5.73 Å². The molecule has 4 nitrogen and oxygen atoms in total. The van der Waals surface area contributed by atoms with Gasteiger partial charge in [-0.15, -0.1) is 0 Å². The standard InChI is InChI=1S/C11H17N3O/c12-9-3-6-13-10(7-9)14-11(8-15)4-1-2-5-11/h3,6-7,15H,1-2,4-5,8H2,(H3,12,13,14). The average molecular weight is 207 g/mol. The minimum absolute atomic E-state index is 0.156. The largest absolute Gasteiger partial charge is 0.399 e. The van der Waals surface area contributed by atoms with E-state index in [9.17, 15) is 5.11 Å². The number of aliphatic hydroxyl groups excluding tert-OH is 1. The molecule has 1 aliphatic rings. The zero-order valence-corrected chi connectivity index (χ0v) is 8.74. The van der Waals surface area contributed by atoms with Crippen LogP contribution in [0.25, 0.3) is 0 Å². The third-order valence-corrected chi connectivity index (χ3v) is 3.04. The first-order valence-corrected chi connectivity index (χ1v) is 5.35. The van der Waals surface area contributed by atoms with Gasteiger partial charge in [-0.1, -0.05) is 12.8 Å². The fourth-order valence-corrected chi connectivity index (χ4v) is 2.16. The lowest BCUT2D eigenvalue weighted by atomic mass is 9.99. The molecule has 1 saturated carbocycles. The van der Waals surface area contributed by atoms with Crippen LogP contribution in [0.4, 0.5) is 11.5 Å². The van der Waals surface area contributed by atoms with Crippen LogP contribution in [-0.4, -0.2) is 22.2 Å². The number of rotatable bonds is 3. The molecule has 0 aliphatic heterocycles. The maximum atomic E-state index is 9.43. The number of nitrogens with one attached hydrogen (secondary N) is 1. The van der Waals surface area contributed by atoms with E-state index in [1.54, 1.807) is 18.3 Å². The van der Waals surface area contributed by atoms with Crippen LogP contribution in [0.5, 0.6) is 0 Å². The third-order valence-electron chi connectivity index (χ3n) is 3.04. The SMILES string of the molecule is Nc1ccnc(NC2(CO)CCCC2)c1. The molecular weight excluding hydrogens is 190 g/mol. The molecule has 1 aromatic rings. The molecule has 0 saturated heterocycles. The first kappa shape index (κ1) is 10.2. The molecular formula is C11H17N3O. The number of anilines is 2. The molecule has 15 heavy (non-hydrogen) atoms.